The number of unbranched alkanes of at least 4 members (excludes halogenated alkanes) is 12. The van der Waals surface area contributed by atoms with Gasteiger partial charge in [0, 0.05) is 103 Å². The maximum Gasteiger partial charge on any atom is 0.333 e. The second-order valence-electron chi connectivity index (χ2n) is 18.3. The quantitative estimate of drug-likeness (QED) is 0.0342. The van der Waals surface area contributed by atoms with Crippen LogP contribution in [0.5, 0.6) is 0 Å². The van der Waals surface area contributed by atoms with E-state index in [0.29, 0.717) is 49.0 Å². The number of imide groups is 2. The molecule has 0 atom stereocenters. The summed E-state index contributed by atoms with van der Waals surface area (Å²) in [6.07, 6.45) is 11.2. The molecule has 0 aromatic rings. The van der Waals surface area contributed by atoms with E-state index in [4.69, 9.17) is 28.6 Å². The SMILES string of the molecule is O=C(CCOCC(COCCC(=O)NCCCCCCCC(=O)ON1C(=O)CCC1=O)COCCC(=O)NCCCCCCCC(=O)ON1C(=O)CCC1=O)NCCCCCCCC(=O)OC1C(=O)CCC1=O. The van der Waals surface area contributed by atoms with E-state index < -0.39 is 47.6 Å². The lowest BCUT2D eigenvalue weighted by atomic mass is 10.1. The minimum Gasteiger partial charge on any atom is -0.446 e. The van der Waals surface area contributed by atoms with Crippen molar-refractivity contribution in [3.05, 3.63) is 0 Å². The number of hydrogen-bond acceptors (Lipinski definition) is 18. The molecule has 0 spiro atoms. The summed E-state index contributed by atoms with van der Waals surface area (Å²) in [6.45, 7) is 2.57. The molecule has 2 saturated heterocycles. The number of carbonyl (C=O) groups excluding carboxylic acids is 12. The molecule has 3 N–H and O–H groups in total. The lowest BCUT2D eigenvalue weighted by molar-refractivity contribution is -0.197. The molecule has 23 heteroatoms. The first-order chi connectivity index (χ1) is 35.2. The summed E-state index contributed by atoms with van der Waals surface area (Å²) in [5.41, 5.74) is 0. The number of nitrogens with one attached hydrogen (secondary N) is 3. The van der Waals surface area contributed by atoms with E-state index in [9.17, 15) is 57.5 Å². The highest BCUT2D eigenvalue weighted by Crippen LogP contribution is 2.18. The monoisotopic (exact) mass is 1040 g/mol. The Morgan fingerprint density at radius 1 is 0.397 bits per heavy atom. The predicted molar refractivity (Wildman–Crippen MR) is 255 cm³/mol. The van der Waals surface area contributed by atoms with Crippen LogP contribution in [0, 0.1) is 5.92 Å². The molecular formula is C50H77N5O18. The second kappa shape index (κ2) is 37.1. The average Bonchev–Trinajstić information content (AvgIpc) is 3.98. The molecule has 3 rings (SSSR count). The van der Waals surface area contributed by atoms with Crippen molar-refractivity contribution in [3.63, 3.8) is 0 Å². The first-order valence-electron chi connectivity index (χ1n) is 26.1. The van der Waals surface area contributed by atoms with Gasteiger partial charge in [0.25, 0.3) is 23.6 Å². The van der Waals surface area contributed by atoms with Gasteiger partial charge in [-0.1, -0.05) is 57.8 Å². The Bertz CT molecular complexity index is 1590. The van der Waals surface area contributed by atoms with Crippen LogP contribution in [0.1, 0.15) is 173 Å². The number of ether oxygens (including phenoxy) is 4. The maximum absolute atomic E-state index is 12.4. The maximum atomic E-state index is 12.4. The zero-order chi connectivity index (χ0) is 53.1. The lowest BCUT2D eigenvalue weighted by Crippen LogP contribution is -2.31. The van der Waals surface area contributed by atoms with E-state index >= 15 is 0 Å². The molecule has 2 aliphatic heterocycles. The predicted octanol–water partition coefficient (Wildman–Crippen LogP) is 3.25. The van der Waals surface area contributed by atoms with Gasteiger partial charge in [-0.15, -0.1) is 10.1 Å². The summed E-state index contributed by atoms with van der Waals surface area (Å²) in [5, 5.41) is 9.71. The van der Waals surface area contributed by atoms with Gasteiger partial charge < -0.3 is 44.6 Å². The summed E-state index contributed by atoms with van der Waals surface area (Å²) < 4.78 is 22.5. The fraction of sp³-hybridized carbons (Fsp3) is 0.760. The van der Waals surface area contributed by atoms with E-state index in [1.807, 2.05) is 0 Å². The van der Waals surface area contributed by atoms with Gasteiger partial charge >= 0.3 is 17.9 Å². The summed E-state index contributed by atoms with van der Waals surface area (Å²) in [4.78, 5) is 152. The molecule has 1 aliphatic carbocycles. The molecule has 1 saturated carbocycles. The number of carbonyl (C=O) groups is 12. The molecule has 0 radical (unpaired) electrons. The minimum absolute atomic E-state index is 0.0467. The molecule has 23 nitrogen and oxygen atoms in total. The van der Waals surface area contributed by atoms with Crippen LogP contribution in [0.15, 0.2) is 0 Å². The fourth-order valence-corrected chi connectivity index (χ4v) is 7.73. The van der Waals surface area contributed by atoms with Crippen LogP contribution in [0.4, 0.5) is 0 Å². The summed E-state index contributed by atoms with van der Waals surface area (Å²) in [5.74, 6) is -5.24. The van der Waals surface area contributed by atoms with Crippen LogP contribution < -0.4 is 16.0 Å². The Labute approximate surface area is 426 Å². The number of hydrogen-bond donors (Lipinski definition) is 3. The fourth-order valence-electron chi connectivity index (χ4n) is 7.73. The van der Waals surface area contributed by atoms with Crippen molar-refractivity contribution in [2.45, 2.75) is 179 Å². The zero-order valence-electron chi connectivity index (χ0n) is 42.4. The number of nitrogens with zero attached hydrogens (tertiary/aromatic N) is 2. The first kappa shape index (κ1) is 61.6. The van der Waals surface area contributed by atoms with Crippen molar-refractivity contribution in [2.24, 2.45) is 5.92 Å². The third kappa shape index (κ3) is 27.8. The van der Waals surface area contributed by atoms with Crippen LogP contribution in [-0.2, 0) is 86.2 Å². The molecule has 2 heterocycles. The van der Waals surface area contributed by atoms with E-state index in [2.05, 4.69) is 16.0 Å². The van der Waals surface area contributed by atoms with Crippen molar-refractivity contribution >= 4 is 70.8 Å². The summed E-state index contributed by atoms with van der Waals surface area (Å²) in [7, 11) is 0. The highest BCUT2D eigenvalue weighted by atomic mass is 16.7. The smallest absolute Gasteiger partial charge is 0.333 e. The van der Waals surface area contributed by atoms with E-state index in [1.54, 1.807) is 0 Å². The topological polar surface area (TPSA) is 303 Å². The van der Waals surface area contributed by atoms with Crippen molar-refractivity contribution in [1.82, 2.24) is 26.1 Å². The third-order valence-corrected chi connectivity index (χ3v) is 12.0. The van der Waals surface area contributed by atoms with Gasteiger partial charge in [0.2, 0.25) is 23.8 Å². The van der Waals surface area contributed by atoms with Crippen molar-refractivity contribution < 1.29 is 86.2 Å². The van der Waals surface area contributed by atoms with Crippen LogP contribution >= 0.6 is 0 Å². The third-order valence-electron chi connectivity index (χ3n) is 12.0. The first-order valence-corrected chi connectivity index (χ1v) is 26.1. The lowest BCUT2D eigenvalue weighted by Gasteiger charge is -2.18. The average molecular weight is 1040 g/mol. The van der Waals surface area contributed by atoms with Gasteiger partial charge in [-0.3, -0.25) is 47.9 Å². The van der Waals surface area contributed by atoms with Gasteiger partial charge in [0.15, 0.2) is 11.6 Å². The van der Waals surface area contributed by atoms with Gasteiger partial charge in [0.1, 0.15) is 0 Å². The number of rotatable bonds is 42. The number of hydroxylamine groups is 4. The highest BCUT2D eigenvalue weighted by Gasteiger charge is 2.36. The van der Waals surface area contributed by atoms with Crippen LogP contribution in [0.2, 0.25) is 0 Å². The Balaban J connectivity index is 1.23. The molecule has 3 fully saturated rings. The van der Waals surface area contributed by atoms with Crippen molar-refractivity contribution in [3.8, 4) is 0 Å². The zero-order valence-corrected chi connectivity index (χ0v) is 42.4. The van der Waals surface area contributed by atoms with Crippen LogP contribution in [0.25, 0.3) is 0 Å². The summed E-state index contributed by atoms with van der Waals surface area (Å²) in [6, 6.07) is 0. The molecular weight excluding hydrogens is 959 g/mol. The number of Topliss-reactive ketones (excluding diaryl/α,β-unsaturated/α-hetero) is 2. The number of amides is 7. The molecule has 0 aromatic heterocycles. The van der Waals surface area contributed by atoms with Crippen molar-refractivity contribution in [2.75, 3.05) is 59.3 Å². The Kier molecular flexibility index (Phi) is 31.3. The molecule has 73 heavy (non-hydrogen) atoms. The molecule has 410 valence electrons. The second-order valence-corrected chi connectivity index (χ2v) is 18.3. The largest absolute Gasteiger partial charge is 0.446 e. The van der Waals surface area contributed by atoms with Gasteiger partial charge in [-0.25, -0.2) is 9.59 Å². The molecule has 7 amide bonds. The summed E-state index contributed by atoms with van der Waals surface area (Å²) >= 11 is 0. The minimum atomic E-state index is -1.23. The number of esters is 1. The van der Waals surface area contributed by atoms with Gasteiger partial charge in [0.05, 0.1) is 39.6 Å². The highest BCUT2D eigenvalue weighted by molar-refractivity contribution is 6.12. The molecule has 0 bridgehead atoms. The Hall–Kier alpha value is -5.68. The molecule has 3 aliphatic rings. The van der Waals surface area contributed by atoms with Gasteiger partial charge in [-0.05, 0) is 38.5 Å². The number of ketones is 2. The van der Waals surface area contributed by atoms with E-state index in [0.717, 1.165) is 77.0 Å². The van der Waals surface area contributed by atoms with Crippen LogP contribution in [0.3, 0.4) is 0 Å². The van der Waals surface area contributed by atoms with E-state index in [-0.39, 0.29) is 152 Å². The molecule has 0 aromatic carbocycles. The Morgan fingerprint density at radius 2 is 0.699 bits per heavy atom. The normalized spacial score (nSPS) is 14.9. The van der Waals surface area contributed by atoms with Crippen LogP contribution in [-0.4, -0.2) is 146 Å². The van der Waals surface area contributed by atoms with Gasteiger partial charge in [-0.2, -0.15) is 0 Å². The van der Waals surface area contributed by atoms with Crippen molar-refractivity contribution in [1.29, 1.82) is 0 Å². The standard InChI is InChI=1S/C50H77N5O18/c56-38-19-20-39(57)50(38)71-47(65)16-10-4-1-7-13-28-51-40(58)25-31-68-34-37(35-69-32-26-41(59)52-29-14-8-2-5-11-17-48(66)72-54-43(61)21-22-44(54)62)36-70-33-27-42(60)53-30-15-9-3-6-12-18-49(67)73-55-45(63)23-24-46(55)64/h37,50H,1-36H2,(H,51,58)(H,52,59)(H,53,60). The molecule has 0 unspecified atom stereocenters. The van der Waals surface area contributed by atoms with E-state index in [1.165, 1.54) is 0 Å². The Morgan fingerprint density at radius 3 is 1.04 bits per heavy atom.